The Morgan fingerprint density at radius 2 is 2.07 bits per heavy atom. The fraction of sp³-hybridized carbons (Fsp3) is 0.550. The van der Waals surface area contributed by atoms with E-state index in [1.165, 1.54) is 0 Å². The number of aromatic nitrogens is 3. The Labute approximate surface area is 167 Å². The maximum absolute atomic E-state index is 5.85. The number of benzene rings is 1. The quantitative estimate of drug-likeness (QED) is 0.348. The van der Waals surface area contributed by atoms with Gasteiger partial charge in [-0.1, -0.05) is 19.1 Å². The smallest absolute Gasteiger partial charge is 0.191 e. The number of nitrogens with one attached hydrogen (secondary N) is 2. The Morgan fingerprint density at radius 3 is 2.82 bits per heavy atom. The van der Waals surface area contributed by atoms with E-state index in [-0.39, 0.29) is 0 Å². The molecule has 0 radical (unpaired) electrons. The van der Waals surface area contributed by atoms with Crippen LogP contribution in [-0.2, 0) is 24.2 Å². The highest BCUT2D eigenvalue weighted by atomic mass is 16.5. The summed E-state index contributed by atoms with van der Waals surface area (Å²) in [7, 11) is 1.67. The standard InChI is InChI=1S/C20H32N6O2/c1-5-19-25-24-15-26(19)10-9-22-20(21-6-2)23-14-17-8-7-16(3)13-18(17)28-12-11-27-4/h7-8,13,15H,5-6,9-12,14H2,1-4H3,(H2,21,22,23). The first-order valence-corrected chi connectivity index (χ1v) is 9.78. The molecule has 0 bridgehead atoms. The van der Waals surface area contributed by atoms with E-state index in [9.17, 15) is 0 Å². The molecule has 0 atom stereocenters. The van der Waals surface area contributed by atoms with Gasteiger partial charge in [0, 0.05) is 38.7 Å². The third-order valence-electron chi connectivity index (χ3n) is 4.18. The van der Waals surface area contributed by atoms with E-state index in [4.69, 9.17) is 14.5 Å². The van der Waals surface area contributed by atoms with Crippen LogP contribution in [0, 0.1) is 6.92 Å². The summed E-state index contributed by atoms with van der Waals surface area (Å²) in [5, 5.41) is 14.7. The number of nitrogens with zero attached hydrogens (tertiary/aromatic N) is 4. The average Bonchev–Trinajstić information content (AvgIpc) is 3.15. The lowest BCUT2D eigenvalue weighted by atomic mass is 10.1. The molecule has 0 spiro atoms. The Hall–Kier alpha value is -2.61. The van der Waals surface area contributed by atoms with Gasteiger partial charge >= 0.3 is 0 Å². The monoisotopic (exact) mass is 388 g/mol. The van der Waals surface area contributed by atoms with Crippen molar-refractivity contribution in [3.8, 4) is 5.75 Å². The molecule has 8 heteroatoms. The number of hydrogen-bond donors (Lipinski definition) is 2. The van der Waals surface area contributed by atoms with Crippen LogP contribution in [0.5, 0.6) is 5.75 Å². The van der Waals surface area contributed by atoms with Crippen molar-refractivity contribution in [1.82, 2.24) is 25.4 Å². The molecule has 0 aliphatic heterocycles. The first-order chi connectivity index (χ1) is 13.7. The van der Waals surface area contributed by atoms with Gasteiger partial charge in [0.25, 0.3) is 0 Å². The van der Waals surface area contributed by atoms with Gasteiger partial charge < -0.3 is 24.7 Å². The summed E-state index contributed by atoms with van der Waals surface area (Å²) in [6.45, 7) is 10.1. The van der Waals surface area contributed by atoms with Gasteiger partial charge in [0.05, 0.1) is 13.2 Å². The second-order valence-electron chi connectivity index (χ2n) is 6.37. The van der Waals surface area contributed by atoms with Crippen LogP contribution in [0.4, 0.5) is 0 Å². The van der Waals surface area contributed by atoms with Crippen LogP contribution in [0.1, 0.15) is 30.8 Å². The molecule has 154 valence electrons. The molecule has 2 rings (SSSR count). The van der Waals surface area contributed by atoms with Crippen molar-refractivity contribution >= 4 is 5.96 Å². The van der Waals surface area contributed by atoms with E-state index in [1.54, 1.807) is 13.4 Å². The van der Waals surface area contributed by atoms with Gasteiger partial charge in [-0.05, 0) is 25.5 Å². The highest BCUT2D eigenvalue weighted by Crippen LogP contribution is 2.21. The molecule has 0 aliphatic carbocycles. The van der Waals surface area contributed by atoms with E-state index in [1.807, 2.05) is 6.07 Å². The third kappa shape index (κ3) is 6.84. The molecule has 0 saturated heterocycles. The number of aryl methyl sites for hydroxylation is 2. The first kappa shape index (κ1) is 21.7. The van der Waals surface area contributed by atoms with Crippen molar-refractivity contribution in [2.24, 2.45) is 4.99 Å². The molecule has 0 fully saturated rings. The summed E-state index contributed by atoms with van der Waals surface area (Å²) in [6.07, 6.45) is 2.63. The summed E-state index contributed by atoms with van der Waals surface area (Å²) >= 11 is 0. The van der Waals surface area contributed by atoms with E-state index >= 15 is 0 Å². The summed E-state index contributed by atoms with van der Waals surface area (Å²) in [5.41, 5.74) is 2.21. The molecular formula is C20H32N6O2. The van der Waals surface area contributed by atoms with E-state index < -0.39 is 0 Å². The van der Waals surface area contributed by atoms with Crippen molar-refractivity contribution in [2.75, 3.05) is 33.4 Å². The van der Waals surface area contributed by atoms with Gasteiger partial charge in [-0.15, -0.1) is 10.2 Å². The van der Waals surface area contributed by atoms with Crippen LogP contribution in [0.25, 0.3) is 0 Å². The lowest BCUT2D eigenvalue weighted by Gasteiger charge is -2.14. The Balaban J connectivity index is 1.97. The Morgan fingerprint density at radius 1 is 1.21 bits per heavy atom. The number of guanidine groups is 1. The molecule has 8 nitrogen and oxygen atoms in total. The zero-order valence-electron chi connectivity index (χ0n) is 17.4. The molecule has 1 heterocycles. The zero-order chi connectivity index (χ0) is 20.2. The van der Waals surface area contributed by atoms with Gasteiger partial charge in [-0.2, -0.15) is 0 Å². The van der Waals surface area contributed by atoms with E-state index in [0.717, 1.165) is 54.7 Å². The second-order valence-corrected chi connectivity index (χ2v) is 6.37. The molecule has 0 saturated carbocycles. The van der Waals surface area contributed by atoms with Crippen LogP contribution < -0.4 is 15.4 Å². The SMILES string of the molecule is CCNC(=NCc1ccc(C)cc1OCCOC)NCCn1cnnc1CC. The maximum Gasteiger partial charge on any atom is 0.191 e. The fourth-order valence-electron chi connectivity index (χ4n) is 2.70. The van der Waals surface area contributed by atoms with Gasteiger partial charge in [-0.3, -0.25) is 0 Å². The Kier molecular flexibility index (Phi) is 9.27. The summed E-state index contributed by atoms with van der Waals surface area (Å²) in [4.78, 5) is 4.71. The predicted molar refractivity (Wildman–Crippen MR) is 111 cm³/mol. The highest BCUT2D eigenvalue weighted by Gasteiger charge is 2.06. The second kappa shape index (κ2) is 12.0. The minimum atomic E-state index is 0.522. The molecule has 0 amide bonds. The lowest BCUT2D eigenvalue weighted by Crippen LogP contribution is -2.38. The molecule has 2 N–H and O–H groups in total. The minimum absolute atomic E-state index is 0.522. The van der Waals surface area contributed by atoms with Gasteiger partial charge in [-0.25, -0.2) is 4.99 Å². The fourth-order valence-corrected chi connectivity index (χ4v) is 2.70. The molecule has 2 aromatic rings. The van der Waals surface area contributed by atoms with Crippen LogP contribution in [0.3, 0.4) is 0 Å². The van der Waals surface area contributed by atoms with Gasteiger partial charge in [0.15, 0.2) is 5.96 Å². The van der Waals surface area contributed by atoms with Crippen LogP contribution >= 0.6 is 0 Å². The predicted octanol–water partition coefficient (Wildman–Crippen LogP) is 1.93. The van der Waals surface area contributed by atoms with Crippen LogP contribution in [-0.4, -0.2) is 54.1 Å². The number of rotatable bonds is 11. The number of ether oxygens (including phenoxy) is 2. The van der Waals surface area contributed by atoms with Gasteiger partial charge in [0.2, 0.25) is 0 Å². The first-order valence-electron chi connectivity index (χ1n) is 9.78. The van der Waals surface area contributed by atoms with Crippen molar-refractivity contribution in [3.63, 3.8) is 0 Å². The van der Waals surface area contributed by atoms with Crippen molar-refractivity contribution < 1.29 is 9.47 Å². The Bertz CT molecular complexity index is 744. The van der Waals surface area contributed by atoms with Gasteiger partial charge in [0.1, 0.15) is 24.5 Å². The molecular weight excluding hydrogens is 356 g/mol. The topological polar surface area (TPSA) is 85.6 Å². The van der Waals surface area contributed by atoms with Crippen LogP contribution in [0.15, 0.2) is 29.5 Å². The molecule has 28 heavy (non-hydrogen) atoms. The number of aliphatic imine (C=N–C) groups is 1. The normalized spacial score (nSPS) is 11.5. The third-order valence-corrected chi connectivity index (χ3v) is 4.18. The minimum Gasteiger partial charge on any atom is -0.491 e. The average molecular weight is 389 g/mol. The summed E-state index contributed by atoms with van der Waals surface area (Å²) in [5.74, 6) is 2.62. The van der Waals surface area contributed by atoms with Crippen LogP contribution in [0.2, 0.25) is 0 Å². The van der Waals surface area contributed by atoms with Crippen molar-refractivity contribution in [2.45, 2.75) is 40.3 Å². The molecule has 0 aliphatic rings. The maximum atomic E-state index is 5.85. The molecule has 0 unspecified atom stereocenters. The lowest BCUT2D eigenvalue weighted by molar-refractivity contribution is 0.145. The van der Waals surface area contributed by atoms with Crippen molar-refractivity contribution in [1.29, 1.82) is 0 Å². The number of hydrogen-bond acceptors (Lipinski definition) is 5. The number of methoxy groups -OCH3 is 1. The van der Waals surface area contributed by atoms with Crippen molar-refractivity contribution in [3.05, 3.63) is 41.5 Å². The summed E-state index contributed by atoms with van der Waals surface area (Å²) < 4.78 is 13.0. The largest absolute Gasteiger partial charge is 0.491 e. The zero-order valence-corrected chi connectivity index (χ0v) is 17.4. The molecule has 1 aromatic carbocycles. The van der Waals surface area contributed by atoms with E-state index in [0.29, 0.717) is 19.8 Å². The summed E-state index contributed by atoms with van der Waals surface area (Å²) in [6, 6.07) is 6.18. The highest BCUT2D eigenvalue weighted by molar-refractivity contribution is 5.79. The van der Waals surface area contributed by atoms with E-state index in [2.05, 4.69) is 58.3 Å². The molecule has 1 aromatic heterocycles.